The van der Waals surface area contributed by atoms with Crippen LogP contribution in [-0.2, 0) is 10.8 Å². The van der Waals surface area contributed by atoms with Crippen molar-refractivity contribution in [2.45, 2.75) is 18.0 Å². The molecule has 1 fully saturated rings. The molecular formula is C13H16N4O3S. The van der Waals surface area contributed by atoms with E-state index in [-0.39, 0.29) is 5.69 Å². The van der Waals surface area contributed by atoms with E-state index in [1.165, 1.54) is 12.1 Å². The minimum absolute atomic E-state index is 0.00170. The lowest BCUT2D eigenvalue weighted by atomic mass is 10.0. The third kappa shape index (κ3) is 3.11. The van der Waals surface area contributed by atoms with Crippen molar-refractivity contribution in [3.05, 3.63) is 28.3 Å². The number of nitro groups is 1. The number of rotatable bonds is 4. The van der Waals surface area contributed by atoms with Gasteiger partial charge in [-0.15, -0.1) is 0 Å². The number of hydrogen-bond donors (Lipinski definition) is 2. The summed E-state index contributed by atoms with van der Waals surface area (Å²) in [5, 5.41) is 14.4. The molecule has 1 aliphatic rings. The van der Waals surface area contributed by atoms with E-state index in [1.54, 1.807) is 6.07 Å². The summed E-state index contributed by atoms with van der Waals surface area (Å²) in [5.74, 6) is 1.03. The first kappa shape index (κ1) is 14.2. The highest BCUT2D eigenvalue weighted by atomic mass is 32.2. The molecule has 2 aromatic rings. The molecule has 0 radical (unpaired) electrons. The molecule has 21 heavy (non-hydrogen) atoms. The number of nitrogens with zero attached hydrogens (tertiary/aromatic N) is 2. The fourth-order valence-electron chi connectivity index (χ4n) is 2.54. The van der Waals surface area contributed by atoms with Gasteiger partial charge in [-0.25, -0.2) is 4.98 Å². The highest BCUT2D eigenvalue weighted by Gasteiger charge is 2.19. The fourth-order valence-corrected chi connectivity index (χ4v) is 3.88. The molecule has 3 rings (SSSR count). The van der Waals surface area contributed by atoms with Gasteiger partial charge in [0.05, 0.1) is 26.8 Å². The number of hydrogen-bond acceptors (Lipinski definition) is 5. The lowest BCUT2D eigenvalue weighted by molar-refractivity contribution is -0.384. The van der Waals surface area contributed by atoms with Crippen LogP contribution >= 0.6 is 0 Å². The monoisotopic (exact) mass is 308 g/mol. The molecule has 0 bridgehead atoms. The molecule has 0 aliphatic carbocycles. The summed E-state index contributed by atoms with van der Waals surface area (Å²) in [6.07, 6.45) is 2.05. The summed E-state index contributed by atoms with van der Waals surface area (Å²) in [4.78, 5) is 17.5. The van der Waals surface area contributed by atoms with Crippen molar-refractivity contribution in [2.75, 3.05) is 18.8 Å². The standard InChI is InChI=1S/C13H16N4O3S/c18-17(19)10-1-2-11-12(7-10)16-13(15-11)21(20)8-9-3-5-14-6-4-9/h1-2,7,9,14H,3-6,8H2,(H,15,16). The predicted molar refractivity (Wildman–Crippen MR) is 79.6 cm³/mol. The number of piperidine rings is 1. The Morgan fingerprint density at radius 2 is 2.14 bits per heavy atom. The Balaban J connectivity index is 1.79. The number of nitrogens with one attached hydrogen (secondary N) is 2. The summed E-state index contributed by atoms with van der Waals surface area (Å²) < 4.78 is 12.4. The van der Waals surface area contributed by atoms with Crippen molar-refractivity contribution < 1.29 is 9.13 Å². The molecule has 1 aromatic carbocycles. The number of benzene rings is 1. The van der Waals surface area contributed by atoms with Crippen LogP contribution < -0.4 is 5.32 Å². The smallest absolute Gasteiger partial charge is 0.271 e. The van der Waals surface area contributed by atoms with Gasteiger partial charge in [-0.2, -0.15) is 0 Å². The highest BCUT2D eigenvalue weighted by molar-refractivity contribution is 7.84. The average molecular weight is 308 g/mol. The molecular weight excluding hydrogens is 292 g/mol. The van der Waals surface area contributed by atoms with Crippen LogP contribution in [0.5, 0.6) is 0 Å². The Hall–Kier alpha value is -1.80. The van der Waals surface area contributed by atoms with Crippen LogP contribution in [-0.4, -0.2) is 37.9 Å². The molecule has 1 unspecified atom stereocenters. The maximum Gasteiger partial charge on any atom is 0.271 e. The minimum atomic E-state index is -1.20. The minimum Gasteiger partial charge on any atom is -0.331 e. The maximum atomic E-state index is 12.4. The molecule has 0 amide bonds. The zero-order valence-electron chi connectivity index (χ0n) is 11.4. The lowest BCUT2D eigenvalue weighted by Crippen LogP contribution is -2.30. The normalized spacial score (nSPS) is 17.9. The number of H-pyrrole nitrogens is 1. The predicted octanol–water partition coefficient (Wildman–Crippen LogP) is 1.58. The van der Waals surface area contributed by atoms with Gasteiger partial charge >= 0.3 is 0 Å². The number of nitro benzene ring substituents is 1. The Morgan fingerprint density at radius 3 is 2.86 bits per heavy atom. The van der Waals surface area contributed by atoms with Crippen molar-refractivity contribution in [1.29, 1.82) is 0 Å². The number of aromatic nitrogens is 2. The van der Waals surface area contributed by atoms with Crippen LogP contribution in [0, 0.1) is 16.0 Å². The molecule has 2 N–H and O–H groups in total. The van der Waals surface area contributed by atoms with Gasteiger partial charge in [-0.05, 0) is 37.9 Å². The summed E-state index contributed by atoms with van der Waals surface area (Å²) in [6, 6.07) is 4.41. The van der Waals surface area contributed by atoms with Crippen LogP contribution in [0.1, 0.15) is 12.8 Å². The molecule has 0 saturated carbocycles. The Labute approximate surface area is 123 Å². The van der Waals surface area contributed by atoms with Gasteiger partial charge in [0.1, 0.15) is 0 Å². The highest BCUT2D eigenvalue weighted by Crippen LogP contribution is 2.21. The largest absolute Gasteiger partial charge is 0.331 e. The number of aromatic amines is 1. The second kappa shape index (κ2) is 5.90. The molecule has 1 aliphatic heterocycles. The Kier molecular flexibility index (Phi) is 3.98. The summed E-state index contributed by atoms with van der Waals surface area (Å²) in [5.41, 5.74) is 1.16. The third-order valence-corrected chi connectivity index (χ3v) is 5.11. The number of fused-ring (bicyclic) bond motifs is 1. The Morgan fingerprint density at radius 1 is 1.38 bits per heavy atom. The molecule has 7 nitrogen and oxygen atoms in total. The van der Waals surface area contributed by atoms with E-state index in [1.807, 2.05) is 0 Å². The van der Waals surface area contributed by atoms with Crippen LogP contribution in [0.15, 0.2) is 23.4 Å². The van der Waals surface area contributed by atoms with Gasteiger partial charge in [0.25, 0.3) is 5.69 Å². The summed E-state index contributed by atoms with van der Waals surface area (Å²) in [6.45, 7) is 1.93. The van der Waals surface area contributed by atoms with Crippen molar-refractivity contribution in [3.8, 4) is 0 Å². The Bertz CT molecular complexity index is 694. The van der Waals surface area contributed by atoms with Crippen molar-refractivity contribution in [1.82, 2.24) is 15.3 Å². The van der Waals surface area contributed by atoms with Crippen molar-refractivity contribution in [2.24, 2.45) is 5.92 Å². The zero-order chi connectivity index (χ0) is 14.8. The van der Waals surface area contributed by atoms with Crippen LogP contribution in [0.2, 0.25) is 0 Å². The van der Waals surface area contributed by atoms with Gasteiger partial charge < -0.3 is 10.3 Å². The van der Waals surface area contributed by atoms with Gasteiger partial charge in [-0.1, -0.05) is 0 Å². The number of imidazole rings is 1. The second-order valence-electron chi connectivity index (χ2n) is 5.21. The van der Waals surface area contributed by atoms with Crippen LogP contribution in [0.3, 0.4) is 0 Å². The van der Waals surface area contributed by atoms with Crippen LogP contribution in [0.25, 0.3) is 11.0 Å². The fraction of sp³-hybridized carbons (Fsp3) is 0.462. The molecule has 1 saturated heterocycles. The van der Waals surface area contributed by atoms with Gasteiger partial charge in [0.2, 0.25) is 0 Å². The summed E-state index contributed by atoms with van der Waals surface area (Å²) in [7, 11) is -1.20. The first-order valence-corrected chi connectivity index (χ1v) is 8.18. The molecule has 112 valence electrons. The van der Waals surface area contributed by atoms with Crippen molar-refractivity contribution in [3.63, 3.8) is 0 Å². The quantitative estimate of drug-likeness (QED) is 0.659. The van der Waals surface area contributed by atoms with E-state index in [4.69, 9.17) is 0 Å². The number of non-ortho nitro benzene ring substituents is 1. The maximum absolute atomic E-state index is 12.4. The molecule has 1 aromatic heterocycles. The summed E-state index contributed by atoms with van der Waals surface area (Å²) >= 11 is 0. The second-order valence-corrected chi connectivity index (χ2v) is 6.62. The van der Waals surface area contributed by atoms with E-state index in [2.05, 4.69) is 15.3 Å². The average Bonchev–Trinajstić information content (AvgIpc) is 2.91. The van der Waals surface area contributed by atoms with E-state index in [0.717, 1.165) is 25.9 Å². The van der Waals surface area contributed by atoms with E-state index in [0.29, 0.717) is 27.9 Å². The first-order chi connectivity index (χ1) is 10.1. The molecule has 8 heteroatoms. The van der Waals surface area contributed by atoms with E-state index in [9.17, 15) is 14.3 Å². The van der Waals surface area contributed by atoms with Gasteiger partial charge in [0, 0.05) is 17.9 Å². The zero-order valence-corrected chi connectivity index (χ0v) is 12.2. The molecule has 1 atom stereocenters. The van der Waals surface area contributed by atoms with Gasteiger partial charge in [0.15, 0.2) is 5.16 Å². The van der Waals surface area contributed by atoms with Gasteiger partial charge in [-0.3, -0.25) is 14.3 Å². The third-order valence-electron chi connectivity index (χ3n) is 3.72. The molecule has 0 spiro atoms. The van der Waals surface area contributed by atoms with E-state index < -0.39 is 15.7 Å². The SMILES string of the molecule is O=[N+]([O-])c1ccc2nc(S(=O)CC3CCNCC3)[nH]c2c1. The van der Waals surface area contributed by atoms with Crippen LogP contribution in [0.4, 0.5) is 5.69 Å². The first-order valence-electron chi connectivity index (χ1n) is 6.87. The molecule has 2 heterocycles. The van der Waals surface area contributed by atoms with E-state index >= 15 is 0 Å². The van der Waals surface area contributed by atoms with Crippen molar-refractivity contribution >= 4 is 27.5 Å². The topological polar surface area (TPSA) is 101 Å². The lowest BCUT2D eigenvalue weighted by Gasteiger charge is -2.21.